The number of nitrogens with zero attached hydrogens (tertiary/aromatic N) is 2. The summed E-state index contributed by atoms with van der Waals surface area (Å²) in [4.78, 5) is 6.80. The molecule has 2 rings (SSSR count). The minimum absolute atomic E-state index is 0.915. The van der Waals surface area contributed by atoms with Crippen LogP contribution in [-0.4, -0.2) is 43.1 Å². The first-order valence-electron chi connectivity index (χ1n) is 7.64. The molecule has 0 bridgehead atoms. The standard InChI is InChI=1S/C16H27N3/c1-19(13-9-16-8-2-3-11-18-16)12-5-7-15-6-4-10-17-14-15/h2-3,8,11,15,17H,4-7,9-10,12-14H2,1H3. The van der Waals surface area contributed by atoms with Gasteiger partial charge >= 0.3 is 0 Å². The summed E-state index contributed by atoms with van der Waals surface area (Å²) in [7, 11) is 2.22. The van der Waals surface area contributed by atoms with Gasteiger partial charge < -0.3 is 10.2 Å². The van der Waals surface area contributed by atoms with E-state index in [1.165, 1.54) is 51.0 Å². The van der Waals surface area contributed by atoms with Crippen LogP contribution in [0.2, 0.25) is 0 Å². The van der Waals surface area contributed by atoms with E-state index in [-0.39, 0.29) is 0 Å². The number of pyridine rings is 1. The molecule has 0 aromatic carbocycles. The van der Waals surface area contributed by atoms with Crippen LogP contribution in [0.1, 0.15) is 31.4 Å². The highest BCUT2D eigenvalue weighted by atomic mass is 15.1. The van der Waals surface area contributed by atoms with Gasteiger partial charge in [-0.05, 0) is 70.4 Å². The Morgan fingerprint density at radius 2 is 2.32 bits per heavy atom. The molecular formula is C16H27N3. The molecule has 0 saturated carbocycles. The molecule has 3 nitrogen and oxygen atoms in total. The van der Waals surface area contributed by atoms with Gasteiger partial charge in [0.1, 0.15) is 0 Å². The van der Waals surface area contributed by atoms with Crippen molar-refractivity contribution in [2.24, 2.45) is 5.92 Å². The van der Waals surface area contributed by atoms with Crippen molar-refractivity contribution >= 4 is 0 Å². The number of likely N-dealkylation sites (N-methyl/N-ethyl adjacent to an activating group) is 1. The van der Waals surface area contributed by atoms with Crippen LogP contribution in [-0.2, 0) is 6.42 Å². The minimum Gasteiger partial charge on any atom is -0.316 e. The summed E-state index contributed by atoms with van der Waals surface area (Å²) in [5.74, 6) is 0.915. The van der Waals surface area contributed by atoms with Crippen molar-refractivity contribution in [1.29, 1.82) is 0 Å². The summed E-state index contributed by atoms with van der Waals surface area (Å²) in [6.45, 7) is 4.78. The number of aromatic nitrogens is 1. The van der Waals surface area contributed by atoms with Gasteiger partial charge in [-0.2, -0.15) is 0 Å². The van der Waals surface area contributed by atoms with E-state index in [1.54, 1.807) is 0 Å². The zero-order chi connectivity index (χ0) is 13.3. The molecule has 1 N–H and O–H groups in total. The predicted molar refractivity (Wildman–Crippen MR) is 80.3 cm³/mol. The fourth-order valence-electron chi connectivity index (χ4n) is 2.78. The molecule has 1 fully saturated rings. The lowest BCUT2D eigenvalue weighted by molar-refractivity contribution is 0.294. The Bertz CT molecular complexity index is 333. The first kappa shape index (κ1) is 14.5. The van der Waals surface area contributed by atoms with Gasteiger partial charge in [0.2, 0.25) is 0 Å². The van der Waals surface area contributed by atoms with E-state index in [9.17, 15) is 0 Å². The first-order chi connectivity index (χ1) is 9.34. The van der Waals surface area contributed by atoms with Gasteiger partial charge in [0.25, 0.3) is 0 Å². The van der Waals surface area contributed by atoms with Crippen LogP contribution in [0.3, 0.4) is 0 Å². The number of hydrogen-bond acceptors (Lipinski definition) is 3. The van der Waals surface area contributed by atoms with Crippen molar-refractivity contribution in [3.05, 3.63) is 30.1 Å². The Hall–Kier alpha value is -0.930. The molecule has 19 heavy (non-hydrogen) atoms. The van der Waals surface area contributed by atoms with Crippen LogP contribution in [0.25, 0.3) is 0 Å². The molecule has 1 aromatic rings. The highest BCUT2D eigenvalue weighted by molar-refractivity contribution is 5.03. The third-order valence-corrected chi connectivity index (χ3v) is 4.03. The third kappa shape index (κ3) is 5.70. The molecular weight excluding hydrogens is 234 g/mol. The maximum atomic E-state index is 4.37. The van der Waals surface area contributed by atoms with Gasteiger partial charge in [0.15, 0.2) is 0 Å². The average molecular weight is 261 g/mol. The third-order valence-electron chi connectivity index (χ3n) is 4.03. The van der Waals surface area contributed by atoms with Gasteiger partial charge in [-0.15, -0.1) is 0 Å². The van der Waals surface area contributed by atoms with Gasteiger partial charge in [-0.25, -0.2) is 0 Å². The molecule has 1 aliphatic heterocycles. The Kier molecular flexibility index (Phi) is 6.31. The van der Waals surface area contributed by atoms with Crippen LogP contribution in [0.5, 0.6) is 0 Å². The Morgan fingerprint density at radius 1 is 1.37 bits per heavy atom. The molecule has 1 aliphatic rings. The molecule has 106 valence electrons. The van der Waals surface area contributed by atoms with Crippen molar-refractivity contribution in [1.82, 2.24) is 15.2 Å². The summed E-state index contributed by atoms with van der Waals surface area (Å²) in [5, 5.41) is 3.50. The molecule has 1 aromatic heterocycles. The fourth-order valence-corrected chi connectivity index (χ4v) is 2.78. The lowest BCUT2D eigenvalue weighted by Gasteiger charge is -2.24. The number of piperidine rings is 1. The maximum Gasteiger partial charge on any atom is 0.0416 e. The molecule has 2 heterocycles. The molecule has 1 saturated heterocycles. The van der Waals surface area contributed by atoms with Crippen molar-refractivity contribution in [2.45, 2.75) is 32.1 Å². The molecule has 0 radical (unpaired) electrons. The van der Waals surface area contributed by atoms with E-state index in [1.807, 2.05) is 12.3 Å². The van der Waals surface area contributed by atoms with E-state index in [4.69, 9.17) is 0 Å². The summed E-state index contributed by atoms with van der Waals surface area (Å²) in [5.41, 5.74) is 1.20. The second-order valence-electron chi connectivity index (χ2n) is 5.73. The Balaban J connectivity index is 1.55. The molecule has 3 heteroatoms. The van der Waals surface area contributed by atoms with E-state index in [0.717, 1.165) is 18.9 Å². The number of rotatable bonds is 7. The molecule has 0 spiro atoms. The van der Waals surface area contributed by atoms with Crippen molar-refractivity contribution < 1.29 is 0 Å². The minimum atomic E-state index is 0.915. The largest absolute Gasteiger partial charge is 0.316 e. The van der Waals surface area contributed by atoms with Crippen LogP contribution >= 0.6 is 0 Å². The smallest absolute Gasteiger partial charge is 0.0416 e. The average Bonchev–Trinajstić information content (AvgIpc) is 2.47. The number of hydrogen-bond donors (Lipinski definition) is 1. The summed E-state index contributed by atoms with van der Waals surface area (Å²) < 4.78 is 0. The first-order valence-corrected chi connectivity index (χ1v) is 7.64. The van der Waals surface area contributed by atoms with Gasteiger partial charge in [0, 0.05) is 24.9 Å². The fraction of sp³-hybridized carbons (Fsp3) is 0.688. The van der Waals surface area contributed by atoms with Gasteiger partial charge in [-0.1, -0.05) is 6.07 Å². The molecule has 1 atom stereocenters. The van der Waals surface area contributed by atoms with Gasteiger partial charge in [0.05, 0.1) is 0 Å². The lowest BCUT2D eigenvalue weighted by atomic mass is 9.95. The van der Waals surface area contributed by atoms with Crippen LogP contribution in [0.15, 0.2) is 24.4 Å². The van der Waals surface area contributed by atoms with Crippen LogP contribution < -0.4 is 5.32 Å². The quantitative estimate of drug-likeness (QED) is 0.816. The summed E-state index contributed by atoms with van der Waals surface area (Å²) in [6.07, 6.45) is 8.42. The Labute approximate surface area is 117 Å². The predicted octanol–water partition coefficient (Wildman–Crippen LogP) is 2.34. The van der Waals surface area contributed by atoms with Crippen molar-refractivity contribution in [3.63, 3.8) is 0 Å². The zero-order valence-electron chi connectivity index (χ0n) is 12.1. The number of nitrogens with one attached hydrogen (secondary N) is 1. The second-order valence-corrected chi connectivity index (χ2v) is 5.73. The van der Waals surface area contributed by atoms with E-state index >= 15 is 0 Å². The van der Waals surface area contributed by atoms with Crippen molar-refractivity contribution in [3.8, 4) is 0 Å². The SMILES string of the molecule is CN(CCCC1CCCNC1)CCc1ccccn1. The molecule has 1 unspecified atom stereocenters. The highest BCUT2D eigenvalue weighted by Crippen LogP contribution is 2.15. The van der Waals surface area contributed by atoms with Crippen molar-refractivity contribution in [2.75, 3.05) is 33.2 Å². The van der Waals surface area contributed by atoms with E-state index < -0.39 is 0 Å². The molecule has 0 aliphatic carbocycles. The molecule has 0 amide bonds. The topological polar surface area (TPSA) is 28.2 Å². The van der Waals surface area contributed by atoms with E-state index in [2.05, 4.69) is 34.4 Å². The maximum absolute atomic E-state index is 4.37. The summed E-state index contributed by atoms with van der Waals surface area (Å²) in [6, 6.07) is 6.16. The lowest BCUT2D eigenvalue weighted by Crippen LogP contribution is -2.30. The monoisotopic (exact) mass is 261 g/mol. The summed E-state index contributed by atoms with van der Waals surface area (Å²) >= 11 is 0. The zero-order valence-corrected chi connectivity index (χ0v) is 12.1. The van der Waals surface area contributed by atoms with E-state index in [0.29, 0.717) is 0 Å². The normalized spacial score (nSPS) is 19.8. The second kappa shape index (κ2) is 8.28. The van der Waals surface area contributed by atoms with Crippen LogP contribution in [0.4, 0.5) is 0 Å². The van der Waals surface area contributed by atoms with Gasteiger partial charge in [-0.3, -0.25) is 4.98 Å². The highest BCUT2D eigenvalue weighted by Gasteiger charge is 2.12. The van der Waals surface area contributed by atoms with Crippen LogP contribution in [0, 0.1) is 5.92 Å². The Morgan fingerprint density at radius 3 is 3.05 bits per heavy atom.